The van der Waals surface area contributed by atoms with Crippen molar-refractivity contribution in [2.24, 2.45) is 0 Å². The van der Waals surface area contributed by atoms with Crippen LogP contribution in [0.4, 0.5) is 0 Å². The number of carbonyl (C=O) groups is 1. The van der Waals surface area contributed by atoms with Crippen molar-refractivity contribution in [2.75, 3.05) is 14.2 Å². The minimum Gasteiger partial charge on any atom is -0.493 e. The molecule has 0 aliphatic heterocycles. The molecule has 2 rings (SSSR count). The molecule has 0 saturated heterocycles. The quantitative estimate of drug-likeness (QED) is 0.756. The van der Waals surface area contributed by atoms with E-state index in [0.29, 0.717) is 18.0 Å². The third-order valence-corrected chi connectivity index (χ3v) is 5.20. The van der Waals surface area contributed by atoms with Crippen LogP contribution in [0.25, 0.3) is 0 Å². The van der Waals surface area contributed by atoms with E-state index in [0.717, 1.165) is 10.5 Å². The highest BCUT2D eigenvalue weighted by Crippen LogP contribution is 2.28. The van der Waals surface area contributed by atoms with Crippen LogP contribution in [-0.4, -0.2) is 25.4 Å². The molecule has 0 unspecified atom stereocenters. The molecule has 25 heavy (non-hydrogen) atoms. The predicted molar refractivity (Wildman–Crippen MR) is 103 cm³/mol. The summed E-state index contributed by atoms with van der Waals surface area (Å²) in [6.07, 6.45) is 0. The van der Waals surface area contributed by atoms with Crippen LogP contribution < -0.4 is 14.8 Å². The second kappa shape index (κ2) is 8.81. The zero-order valence-electron chi connectivity index (χ0n) is 15.4. The van der Waals surface area contributed by atoms with E-state index in [9.17, 15) is 4.79 Å². The topological polar surface area (TPSA) is 47.6 Å². The van der Waals surface area contributed by atoms with E-state index in [1.807, 2.05) is 25.1 Å². The van der Waals surface area contributed by atoms with Gasteiger partial charge < -0.3 is 14.8 Å². The molecule has 0 bridgehead atoms. The van der Waals surface area contributed by atoms with Gasteiger partial charge in [-0.3, -0.25) is 4.79 Å². The first-order chi connectivity index (χ1) is 11.9. The van der Waals surface area contributed by atoms with E-state index in [2.05, 4.69) is 37.4 Å². The van der Waals surface area contributed by atoms with Crippen LogP contribution in [0.2, 0.25) is 0 Å². The summed E-state index contributed by atoms with van der Waals surface area (Å²) in [5.74, 6) is 1.35. The van der Waals surface area contributed by atoms with Crippen LogP contribution in [-0.2, 0) is 11.3 Å². The average molecular weight is 359 g/mol. The third kappa shape index (κ3) is 5.16. The van der Waals surface area contributed by atoms with E-state index < -0.39 is 0 Å². The number of aryl methyl sites for hydroxylation is 2. The molecule has 1 atom stereocenters. The van der Waals surface area contributed by atoms with Crippen molar-refractivity contribution in [2.45, 2.75) is 37.5 Å². The van der Waals surface area contributed by atoms with E-state index in [-0.39, 0.29) is 11.2 Å². The van der Waals surface area contributed by atoms with Crippen molar-refractivity contribution in [1.82, 2.24) is 5.32 Å². The summed E-state index contributed by atoms with van der Waals surface area (Å²) in [6, 6.07) is 11.9. The summed E-state index contributed by atoms with van der Waals surface area (Å²) in [5.41, 5.74) is 3.40. The molecule has 2 aromatic carbocycles. The Kier molecular flexibility index (Phi) is 6.76. The van der Waals surface area contributed by atoms with Gasteiger partial charge in [0.2, 0.25) is 5.91 Å². The Morgan fingerprint density at radius 1 is 1.08 bits per heavy atom. The van der Waals surface area contributed by atoms with E-state index in [1.54, 1.807) is 26.0 Å². The molecule has 5 heteroatoms. The molecule has 0 aliphatic rings. The van der Waals surface area contributed by atoms with Gasteiger partial charge in [0.25, 0.3) is 0 Å². The second-order valence-corrected chi connectivity index (χ2v) is 7.32. The molecule has 4 nitrogen and oxygen atoms in total. The van der Waals surface area contributed by atoms with Crippen LogP contribution in [0.5, 0.6) is 11.5 Å². The van der Waals surface area contributed by atoms with Crippen LogP contribution in [0.3, 0.4) is 0 Å². The Morgan fingerprint density at radius 2 is 1.80 bits per heavy atom. The van der Waals surface area contributed by atoms with Crippen molar-refractivity contribution in [3.05, 3.63) is 53.1 Å². The van der Waals surface area contributed by atoms with Crippen molar-refractivity contribution in [3.63, 3.8) is 0 Å². The molecule has 134 valence electrons. The first-order valence-electron chi connectivity index (χ1n) is 8.17. The largest absolute Gasteiger partial charge is 0.493 e. The monoisotopic (exact) mass is 359 g/mol. The van der Waals surface area contributed by atoms with Gasteiger partial charge in [0.1, 0.15) is 0 Å². The lowest BCUT2D eigenvalue weighted by atomic mass is 10.2. The minimum atomic E-state index is -0.165. The van der Waals surface area contributed by atoms with Gasteiger partial charge in [-0.25, -0.2) is 0 Å². The summed E-state index contributed by atoms with van der Waals surface area (Å²) in [7, 11) is 3.20. The highest BCUT2D eigenvalue weighted by molar-refractivity contribution is 8.00. The van der Waals surface area contributed by atoms with Crippen LogP contribution >= 0.6 is 11.8 Å². The van der Waals surface area contributed by atoms with E-state index in [4.69, 9.17) is 9.47 Å². The number of hydrogen-bond acceptors (Lipinski definition) is 4. The molecular weight excluding hydrogens is 334 g/mol. The molecule has 1 N–H and O–H groups in total. The molecule has 1 amide bonds. The number of methoxy groups -OCH3 is 2. The number of ether oxygens (including phenoxy) is 2. The smallest absolute Gasteiger partial charge is 0.233 e. The van der Waals surface area contributed by atoms with Gasteiger partial charge >= 0.3 is 0 Å². The summed E-state index contributed by atoms with van der Waals surface area (Å²) in [4.78, 5) is 13.5. The molecule has 0 spiro atoms. The fraction of sp³-hybridized carbons (Fsp3) is 0.350. The maximum absolute atomic E-state index is 12.4. The molecule has 0 heterocycles. The van der Waals surface area contributed by atoms with Gasteiger partial charge in [0.05, 0.1) is 19.5 Å². The maximum Gasteiger partial charge on any atom is 0.233 e. The van der Waals surface area contributed by atoms with Gasteiger partial charge in [0, 0.05) is 11.4 Å². The Morgan fingerprint density at radius 3 is 2.44 bits per heavy atom. The molecule has 0 radical (unpaired) electrons. The van der Waals surface area contributed by atoms with Gasteiger partial charge in [-0.15, -0.1) is 11.8 Å². The van der Waals surface area contributed by atoms with Crippen LogP contribution in [0, 0.1) is 13.8 Å². The summed E-state index contributed by atoms with van der Waals surface area (Å²) < 4.78 is 10.5. The van der Waals surface area contributed by atoms with Crippen molar-refractivity contribution in [3.8, 4) is 11.5 Å². The second-order valence-electron chi connectivity index (χ2n) is 5.94. The van der Waals surface area contributed by atoms with Gasteiger partial charge in [-0.2, -0.15) is 0 Å². The summed E-state index contributed by atoms with van der Waals surface area (Å²) in [6.45, 7) is 6.52. The highest BCUT2D eigenvalue weighted by atomic mass is 32.2. The lowest BCUT2D eigenvalue weighted by Crippen LogP contribution is -2.30. The number of benzene rings is 2. The number of carbonyl (C=O) groups excluding carboxylic acids is 1. The van der Waals surface area contributed by atoms with E-state index in [1.165, 1.54) is 11.1 Å². The fourth-order valence-electron chi connectivity index (χ4n) is 2.50. The van der Waals surface area contributed by atoms with Gasteiger partial charge in [0.15, 0.2) is 11.5 Å². The number of hydrogen-bond donors (Lipinski definition) is 1. The Balaban J connectivity index is 1.95. The van der Waals surface area contributed by atoms with E-state index >= 15 is 0 Å². The lowest BCUT2D eigenvalue weighted by Gasteiger charge is -2.14. The highest BCUT2D eigenvalue weighted by Gasteiger charge is 2.15. The van der Waals surface area contributed by atoms with Crippen LogP contribution in [0.15, 0.2) is 41.3 Å². The molecule has 0 saturated carbocycles. The Bertz CT molecular complexity index is 746. The normalized spacial score (nSPS) is 11.7. The molecule has 2 aromatic rings. The van der Waals surface area contributed by atoms with Crippen molar-refractivity contribution in [1.29, 1.82) is 0 Å². The Hall–Kier alpha value is -2.14. The number of rotatable bonds is 7. The van der Waals surface area contributed by atoms with Gasteiger partial charge in [-0.1, -0.05) is 23.8 Å². The van der Waals surface area contributed by atoms with Gasteiger partial charge in [-0.05, 0) is 50.1 Å². The zero-order valence-corrected chi connectivity index (χ0v) is 16.2. The first kappa shape index (κ1) is 19.2. The number of nitrogens with one attached hydrogen (secondary N) is 1. The number of amides is 1. The predicted octanol–water partition coefficient (Wildman–Crippen LogP) is 4.12. The molecular formula is C20H25NO3S. The maximum atomic E-state index is 12.4. The number of thioether (sulfide) groups is 1. The minimum absolute atomic E-state index is 0.0137. The summed E-state index contributed by atoms with van der Waals surface area (Å²) >= 11 is 1.58. The standard InChI is InChI=1S/C20H25NO3S/c1-13-6-9-19(14(2)10-13)25-15(3)20(22)21-12-16-7-8-17(23-4)18(11-16)24-5/h6-11,15H,12H2,1-5H3,(H,21,22)/t15-/m1/s1. The molecule has 0 aliphatic carbocycles. The molecule has 0 aromatic heterocycles. The summed E-state index contributed by atoms with van der Waals surface area (Å²) in [5, 5.41) is 2.82. The average Bonchev–Trinajstić information content (AvgIpc) is 2.61. The van der Waals surface area contributed by atoms with Crippen molar-refractivity contribution < 1.29 is 14.3 Å². The Labute approximate surface area is 153 Å². The fourth-order valence-corrected chi connectivity index (χ4v) is 3.46. The van der Waals surface area contributed by atoms with Crippen LogP contribution in [0.1, 0.15) is 23.6 Å². The SMILES string of the molecule is COc1ccc(CNC(=O)[C@@H](C)Sc2ccc(C)cc2C)cc1OC. The lowest BCUT2D eigenvalue weighted by molar-refractivity contribution is -0.120. The van der Waals surface area contributed by atoms with Crippen molar-refractivity contribution >= 4 is 17.7 Å². The third-order valence-electron chi connectivity index (χ3n) is 3.92. The zero-order chi connectivity index (χ0) is 18.4. The first-order valence-corrected chi connectivity index (χ1v) is 9.05. The molecule has 0 fully saturated rings.